The van der Waals surface area contributed by atoms with Crippen LogP contribution in [-0.2, 0) is 0 Å². The molecule has 0 nitrogen and oxygen atoms in total. The van der Waals surface area contributed by atoms with Gasteiger partial charge in [0.15, 0.2) is 0 Å². The Labute approximate surface area is 77.7 Å². The van der Waals surface area contributed by atoms with Crippen LogP contribution < -0.4 is 0 Å². The van der Waals surface area contributed by atoms with E-state index in [4.69, 9.17) is 0 Å². The maximum Gasteiger partial charge on any atom is -0.0298 e. The Morgan fingerprint density at radius 2 is 2.00 bits per heavy atom. The maximum absolute atomic E-state index is 2.50. The summed E-state index contributed by atoms with van der Waals surface area (Å²) in [7, 11) is 0. The summed E-state index contributed by atoms with van der Waals surface area (Å²) in [6.45, 7) is 9.62. The SMILES string of the molecule is CCCC1[C@@H](C)CCC1(C)CC. The van der Waals surface area contributed by atoms with Crippen LogP contribution in [0.3, 0.4) is 0 Å². The summed E-state index contributed by atoms with van der Waals surface area (Å²) in [4.78, 5) is 0. The molecule has 0 aromatic heterocycles. The van der Waals surface area contributed by atoms with Gasteiger partial charge in [0.25, 0.3) is 0 Å². The Bertz CT molecular complexity index is 139. The lowest BCUT2D eigenvalue weighted by Crippen LogP contribution is -2.23. The summed E-state index contributed by atoms with van der Waals surface area (Å²) in [5.41, 5.74) is 0.676. The van der Waals surface area contributed by atoms with Gasteiger partial charge in [-0.05, 0) is 36.5 Å². The van der Waals surface area contributed by atoms with Crippen LogP contribution >= 0.6 is 0 Å². The second-order valence-electron chi connectivity index (χ2n) is 4.92. The normalized spacial score (nSPS) is 42.0. The van der Waals surface area contributed by atoms with Gasteiger partial charge in [0.2, 0.25) is 0 Å². The number of rotatable bonds is 3. The highest BCUT2D eigenvalue weighted by molar-refractivity contribution is 4.90. The van der Waals surface area contributed by atoms with Crippen molar-refractivity contribution >= 4 is 0 Å². The fourth-order valence-corrected chi connectivity index (χ4v) is 3.01. The molecule has 0 saturated heterocycles. The van der Waals surface area contributed by atoms with Crippen molar-refractivity contribution in [2.24, 2.45) is 17.3 Å². The van der Waals surface area contributed by atoms with Gasteiger partial charge in [-0.1, -0.05) is 40.5 Å². The Kier molecular flexibility index (Phi) is 3.20. The molecule has 1 rings (SSSR count). The number of hydrogen-bond acceptors (Lipinski definition) is 0. The van der Waals surface area contributed by atoms with Crippen LogP contribution in [0.2, 0.25) is 0 Å². The van der Waals surface area contributed by atoms with Crippen molar-refractivity contribution in [2.45, 2.75) is 59.8 Å². The molecule has 2 unspecified atom stereocenters. The lowest BCUT2D eigenvalue weighted by atomic mass is 9.73. The lowest BCUT2D eigenvalue weighted by molar-refractivity contribution is 0.178. The molecule has 0 heteroatoms. The molecular weight excluding hydrogens is 144 g/mol. The topological polar surface area (TPSA) is 0 Å². The van der Waals surface area contributed by atoms with E-state index in [0.717, 1.165) is 11.8 Å². The van der Waals surface area contributed by atoms with Crippen LogP contribution in [0.1, 0.15) is 59.8 Å². The Morgan fingerprint density at radius 1 is 1.33 bits per heavy atom. The monoisotopic (exact) mass is 168 g/mol. The van der Waals surface area contributed by atoms with Gasteiger partial charge in [-0.3, -0.25) is 0 Å². The zero-order chi connectivity index (χ0) is 9.19. The zero-order valence-corrected chi connectivity index (χ0v) is 9.19. The highest BCUT2D eigenvalue weighted by atomic mass is 14.5. The predicted octanol–water partition coefficient (Wildman–Crippen LogP) is 4.25. The highest BCUT2D eigenvalue weighted by Crippen LogP contribution is 2.50. The van der Waals surface area contributed by atoms with Gasteiger partial charge in [0.05, 0.1) is 0 Å². The second-order valence-corrected chi connectivity index (χ2v) is 4.92. The minimum atomic E-state index is 0.676. The lowest BCUT2D eigenvalue weighted by Gasteiger charge is -2.32. The van der Waals surface area contributed by atoms with Crippen LogP contribution in [0.25, 0.3) is 0 Å². The van der Waals surface area contributed by atoms with Crippen molar-refractivity contribution in [3.05, 3.63) is 0 Å². The van der Waals surface area contributed by atoms with Gasteiger partial charge in [-0.15, -0.1) is 0 Å². The molecule has 1 saturated carbocycles. The Hall–Kier alpha value is 0. The van der Waals surface area contributed by atoms with Gasteiger partial charge in [0.1, 0.15) is 0 Å². The van der Waals surface area contributed by atoms with Gasteiger partial charge in [-0.25, -0.2) is 0 Å². The molecule has 12 heavy (non-hydrogen) atoms. The van der Waals surface area contributed by atoms with E-state index in [2.05, 4.69) is 27.7 Å². The Balaban J connectivity index is 2.63. The van der Waals surface area contributed by atoms with E-state index in [9.17, 15) is 0 Å². The standard InChI is InChI=1S/C12H24/c1-5-7-11-10(3)8-9-12(11,4)6-2/h10-11H,5-9H2,1-4H3/t10-,11?,12?/m0/s1. The molecule has 0 bridgehead atoms. The van der Waals surface area contributed by atoms with E-state index < -0.39 is 0 Å². The first-order chi connectivity index (χ1) is 5.64. The van der Waals surface area contributed by atoms with E-state index >= 15 is 0 Å². The van der Waals surface area contributed by atoms with E-state index in [1.807, 2.05) is 0 Å². The Morgan fingerprint density at radius 3 is 2.50 bits per heavy atom. The van der Waals surface area contributed by atoms with Crippen molar-refractivity contribution in [3.63, 3.8) is 0 Å². The third kappa shape index (κ3) is 1.67. The summed E-state index contributed by atoms with van der Waals surface area (Å²) in [6, 6.07) is 0. The highest BCUT2D eigenvalue weighted by Gasteiger charge is 2.40. The van der Waals surface area contributed by atoms with E-state index in [-0.39, 0.29) is 0 Å². The zero-order valence-electron chi connectivity index (χ0n) is 9.19. The predicted molar refractivity (Wildman–Crippen MR) is 55.2 cm³/mol. The smallest absolute Gasteiger partial charge is 0.0298 e. The quantitative estimate of drug-likeness (QED) is 0.591. The van der Waals surface area contributed by atoms with Gasteiger partial charge in [-0.2, -0.15) is 0 Å². The van der Waals surface area contributed by atoms with Crippen LogP contribution in [0.15, 0.2) is 0 Å². The molecule has 0 spiro atoms. The van der Waals surface area contributed by atoms with Crippen molar-refractivity contribution in [2.75, 3.05) is 0 Å². The van der Waals surface area contributed by atoms with Crippen LogP contribution in [0, 0.1) is 17.3 Å². The van der Waals surface area contributed by atoms with Crippen LogP contribution in [0.4, 0.5) is 0 Å². The van der Waals surface area contributed by atoms with Crippen molar-refractivity contribution < 1.29 is 0 Å². The van der Waals surface area contributed by atoms with Crippen LogP contribution in [0.5, 0.6) is 0 Å². The molecule has 0 amide bonds. The minimum Gasteiger partial charge on any atom is -0.0654 e. The molecule has 1 fully saturated rings. The molecule has 1 aliphatic rings. The van der Waals surface area contributed by atoms with Crippen LogP contribution in [-0.4, -0.2) is 0 Å². The molecule has 0 radical (unpaired) electrons. The third-order valence-electron chi connectivity index (χ3n) is 4.16. The summed E-state index contributed by atoms with van der Waals surface area (Å²) >= 11 is 0. The van der Waals surface area contributed by atoms with Crippen molar-refractivity contribution in [1.82, 2.24) is 0 Å². The first kappa shape index (κ1) is 10.1. The van der Waals surface area contributed by atoms with Gasteiger partial charge in [0, 0.05) is 0 Å². The minimum absolute atomic E-state index is 0.676. The molecule has 1 aliphatic carbocycles. The van der Waals surface area contributed by atoms with Gasteiger partial charge < -0.3 is 0 Å². The molecule has 0 aliphatic heterocycles. The first-order valence-corrected chi connectivity index (χ1v) is 5.64. The fourth-order valence-electron chi connectivity index (χ4n) is 3.01. The van der Waals surface area contributed by atoms with E-state index in [1.165, 1.54) is 32.1 Å². The van der Waals surface area contributed by atoms with E-state index in [0.29, 0.717) is 5.41 Å². The summed E-state index contributed by atoms with van der Waals surface area (Å²) < 4.78 is 0. The van der Waals surface area contributed by atoms with Crippen molar-refractivity contribution in [1.29, 1.82) is 0 Å². The average molecular weight is 168 g/mol. The van der Waals surface area contributed by atoms with E-state index in [1.54, 1.807) is 0 Å². The van der Waals surface area contributed by atoms with Crippen molar-refractivity contribution in [3.8, 4) is 0 Å². The fraction of sp³-hybridized carbons (Fsp3) is 1.00. The maximum atomic E-state index is 2.50. The molecule has 0 aromatic rings. The molecule has 0 aromatic carbocycles. The molecule has 3 atom stereocenters. The molecule has 72 valence electrons. The third-order valence-corrected chi connectivity index (χ3v) is 4.16. The second kappa shape index (κ2) is 3.81. The number of hydrogen-bond donors (Lipinski definition) is 0. The summed E-state index contributed by atoms with van der Waals surface area (Å²) in [5.74, 6) is 1.99. The molecule has 0 heterocycles. The largest absolute Gasteiger partial charge is 0.0654 e. The first-order valence-electron chi connectivity index (χ1n) is 5.64. The molecular formula is C12H24. The average Bonchev–Trinajstić information content (AvgIpc) is 2.34. The molecule has 0 N–H and O–H groups in total. The van der Waals surface area contributed by atoms with Gasteiger partial charge >= 0.3 is 0 Å². The summed E-state index contributed by atoms with van der Waals surface area (Å²) in [6.07, 6.45) is 7.13. The summed E-state index contributed by atoms with van der Waals surface area (Å²) in [5, 5.41) is 0.